The van der Waals surface area contributed by atoms with Gasteiger partial charge in [0.1, 0.15) is 0 Å². The predicted octanol–water partition coefficient (Wildman–Crippen LogP) is 4.72. The molecule has 19 heavy (non-hydrogen) atoms. The quantitative estimate of drug-likeness (QED) is 0.648. The van der Waals surface area contributed by atoms with E-state index in [1.54, 1.807) is 0 Å². The van der Waals surface area contributed by atoms with E-state index in [1.807, 2.05) is 0 Å². The van der Waals surface area contributed by atoms with Gasteiger partial charge < -0.3 is 0 Å². The monoisotopic (exact) mass is 259 g/mol. The molecule has 0 radical (unpaired) electrons. The Kier molecular flexibility index (Phi) is 1.01. The van der Waals surface area contributed by atoms with E-state index >= 15 is 0 Å². The van der Waals surface area contributed by atoms with Crippen molar-refractivity contribution in [3.05, 3.63) is 78.2 Å². The normalized spacial score (nSPS) is 21.5. The van der Waals surface area contributed by atoms with E-state index in [9.17, 15) is 0 Å². The van der Waals surface area contributed by atoms with Crippen LogP contribution in [0.1, 0.15) is 24.8 Å². The van der Waals surface area contributed by atoms with Gasteiger partial charge in [-0.25, -0.2) is 0 Å². The number of benzene rings is 2. The van der Waals surface area contributed by atoms with Crippen molar-refractivity contribution in [2.45, 2.75) is 6.85 Å². The van der Waals surface area contributed by atoms with Crippen molar-refractivity contribution in [2.75, 3.05) is 0 Å². The van der Waals surface area contributed by atoms with Gasteiger partial charge in [-0.1, -0.05) is 60.4 Å². The van der Waals surface area contributed by atoms with Gasteiger partial charge in [-0.05, 0) is 24.0 Å². The average molecular weight is 259 g/mol. The first-order chi connectivity index (χ1) is 15.1. The summed E-state index contributed by atoms with van der Waals surface area (Å²) in [5, 5.41) is 0. The molecule has 0 N–H and O–H groups in total. The summed E-state index contributed by atoms with van der Waals surface area (Å²) in [5.74, 6) is 0. The highest BCUT2D eigenvalue weighted by atomic mass is 14.7. The molecule has 3 rings (SSSR count). The lowest BCUT2D eigenvalue weighted by atomic mass is 10.0. The average Bonchev–Trinajstić information content (AvgIpc) is 2.73. The molecule has 0 amide bonds. The summed E-state index contributed by atoms with van der Waals surface area (Å²) in [6.45, 7) is -3.09. The second kappa shape index (κ2) is 5.07. The minimum absolute atomic E-state index is 0.308. The van der Waals surface area contributed by atoms with Gasteiger partial charge in [0, 0.05) is 21.4 Å². The highest BCUT2D eigenvalue weighted by Crippen LogP contribution is 2.26. The minimum atomic E-state index is -3.09. The molecular weight excluding hydrogens is 230 g/mol. The lowest BCUT2D eigenvalue weighted by Crippen LogP contribution is -1.89. The molecule has 0 saturated heterocycles. The van der Waals surface area contributed by atoms with Gasteiger partial charge in [0.2, 0.25) is 0 Å². The maximum Gasteiger partial charge on any atom is 0.0847 e. The van der Waals surface area contributed by atoms with Crippen molar-refractivity contribution in [3.8, 4) is 22.4 Å². The van der Waals surface area contributed by atoms with Gasteiger partial charge in [0.15, 0.2) is 0 Å². The fourth-order valence-electron chi connectivity index (χ4n) is 1.47. The zero-order valence-corrected chi connectivity index (χ0v) is 9.52. The Balaban J connectivity index is 2.53. The Morgan fingerprint density at radius 2 is 1.68 bits per heavy atom. The van der Waals surface area contributed by atoms with Crippen LogP contribution in [-0.2, 0) is 0 Å². The van der Waals surface area contributed by atoms with Crippen molar-refractivity contribution in [3.63, 3.8) is 0 Å². The molecule has 3 aromatic rings. The van der Waals surface area contributed by atoms with Crippen LogP contribution in [0.5, 0.6) is 0 Å². The smallest absolute Gasteiger partial charge is 0.0847 e. The summed E-state index contributed by atoms with van der Waals surface area (Å²) in [4.78, 5) is 3.88. The van der Waals surface area contributed by atoms with Crippen LogP contribution in [-0.4, -0.2) is 4.98 Å². The third-order valence-electron chi connectivity index (χ3n) is 2.33. The molecule has 1 aromatic heterocycles. The molecule has 0 bridgehead atoms. The number of hydrogen-bond donors (Lipinski definition) is 0. The van der Waals surface area contributed by atoms with E-state index in [0.717, 1.165) is 6.07 Å². The van der Waals surface area contributed by atoms with Crippen LogP contribution in [0.3, 0.4) is 0 Å². The summed E-state index contributed by atoms with van der Waals surface area (Å²) in [6.07, 6.45) is -0.821. The first-order valence-electron chi connectivity index (χ1n) is 12.3. The van der Waals surface area contributed by atoms with Crippen molar-refractivity contribution in [1.29, 1.82) is 0 Å². The van der Waals surface area contributed by atoms with Gasteiger partial charge in [0.25, 0.3) is 0 Å². The summed E-state index contributed by atoms with van der Waals surface area (Å²) >= 11 is 0. The third kappa shape index (κ3) is 2.41. The Bertz CT molecular complexity index is 1280. The van der Waals surface area contributed by atoms with Crippen LogP contribution >= 0.6 is 0 Å². The van der Waals surface area contributed by atoms with Crippen LogP contribution in [0.4, 0.5) is 0 Å². The maximum atomic E-state index is 8.50. The van der Waals surface area contributed by atoms with Crippen LogP contribution in [0.15, 0.2) is 72.7 Å². The fourth-order valence-corrected chi connectivity index (χ4v) is 1.47. The van der Waals surface area contributed by atoms with Crippen molar-refractivity contribution in [1.82, 2.24) is 4.98 Å². The largest absolute Gasteiger partial charge is 0.256 e. The molecule has 0 fully saturated rings. The molecule has 0 aliphatic rings. The Morgan fingerprint density at radius 3 is 2.47 bits per heavy atom. The Morgan fingerprint density at radius 1 is 0.947 bits per heavy atom. The number of pyridine rings is 1. The molecule has 0 atom stereocenters. The van der Waals surface area contributed by atoms with Crippen LogP contribution < -0.4 is 0 Å². The molecule has 0 spiro atoms. The van der Waals surface area contributed by atoms with Gasteiger partial charge in [-0.3, -0.25) is 4.98 Å². The standard InChI is InChI=1S/C18H15N/c1-14-12-18(16-10-6-3-7-11-16)19-13-17(14)15-8-4-2-5-9-15/h2-13H,1H3/i1D3,2D,3D,4D,5D,6D,7D,8D,9D,10D,12D,13D. The number of nitrogens with zero attached hydrogens (tertiary/aromatic N) is 1. The highest BCUT2D eigenvalue weighted by molar-refractivity contribution is 5.70. The van der Waals surface area contributed by atoms with Crippen molar-refractivity contribution in [2.24, 2.45) is 0 Å². The zero-order valence-electron chi connectivity index (χ0n) is 23.5. The van der Waals surface area contributed by atoms with Crippen molar-refractivity contribution >= 4 is 0 Å². The molecule has 92 valence electrons. The summed E-state index contributed by atoms with van der Waals surface area (Å²) in [6, 6.07) is -5.85. The highest BCUT2D eigenvalue weighted by Gasteiger charge is 2.05. The summed E-state index contributed by atoms with van der Waals surface area (Å²) in [7, 11) is 0. The first kappa shape index (κ1) is 3.80. The molecule has 0 aliphatic heterocycles. The molecular formula is C18H15N. The molecule has 0 unspecified atom stereocenters. The number of hydrogen-bond acceptors (Lipinski definition) is 1. The first-order valence-corrected chi connectivity index (χ1v) is 5.27. The third-order valence-corrected chi connectivity index (χ3v) is 2.33. The van der Waals surface area contributed by atoms with Crippen LogP contribution in [0.25, 0.3) is 22.4 Å². The zero-order chi connectivity index (χ0) is 25.2. The second-order valence-corrected chi connectivity index (χ2v) is 3.52. The van der Waals surface area contributed by atoms with E-state index in [0.29, 0.717) is 0 Å². The SMILES string of the molecule is [2H]c1cc(-c2nc([2H])c(-c3c([2H])c([2H])c([2H])c([2H])c3[2H])c(C([2H])([2H])[2H])c2[2H])c([2H])c([2H])c1[2H]. The summed E-state index contributed by atoms with van der Waals surface area (Å²) < 4.78 is 112. The lowest BCUT2D eigenvalue weighted by Gasteiger charge is -2.08. The Hall–Kier alpha value is -2.41. The lowest BCUT2D eigenvalue weighted by molar-refractivity contribution is 1.29. The van der Waals surface area contributed by atoms with E-state index < -0.39 is 95.8 Å². The van der Waals surface area contributed by atoms with Gasteiger partial charge >= 0.3 is 0 Å². The van der Waals surface area contributed by atoms with Gasteiger partial charge in [-0.15, -0.1) is 0 Å². The van der Waals surface area contributed by atoms with E-state index in [4.69, 9.17) is 19.2 Å². The topological polar surface area (TPSA) is 12.9 Å². The van der Waals surface area contributed by atoms with Crippen LogP contribution in [0.2, 0.25) is 0 Å². The molecule has 0 aliphatic carbocycles. The molecule has 1 nitrogen and oxygen atoms in total. The summed E-state index contributed by atoms with van der Waals surface area (Å²) in [5.41, 5.74) is -2.86. The van der Waals surface area contributed by atoms with Crippen molar-refractivity contribution < 1.29 is 19.2 Å². The molecule has 2 aromatic carbocycles. The van der Waals surface area contributed by atoms with E-state index in [2.05, 4.69) is 4.98 Å². The molecule has 0 saturated carbocycles. The molecule has 1 heterocycles. The van der Waals surface area contributed by atoms with E-state index in [-0.39, 0.29) is 5.56 Å². The Labute approximate surface area is 133 Å². The van der Waals surface area contributed by atoms with Gasteiger partial charge in [0.05, 0.1) is 20.8 Å². The predicted molar refractivity (Wildman–Crippen MR) is 79.8 cm³/mol. The minimum Gasteiger partial charge on any atom is -0.256 e. The molecule has 1 heteroatoms. The van der Waals surface area contributed by atoms with Gasteiger partial charge in [-0.2, -0.15) is 0 Å². The van der Waals surface area contributed by atoms with Crippen LogP contribution in [0, 0.1) is 6.85 Å². The number of aromatic nitrogens is 1. The number of rotatable bonds is 2. The fraction of sp³-hybridized carbons (Fsp3) is 0.0556. The maximum absolute atomic E-state index is 8.50. The van der Waals surface area contributed by atoms with E-state index in [1.165, 1.54) is 0 Å². The second-order valence-electron chi connectivity index (χ2n) is 3.52.